The lowest BCUT2D eigenvalue weighted by Gasteiger charge is -2.04. The minimum atomic E-state index is 0.442. The van der Waals surface area contributed by atoms with Gasteiger partial charge in [0.1, 0.15) is 6.67 Å². The standard InChI is InChI=1S/C9H15N3O/c1-3-4-7-11-8-12-9(13-2)5-6-10/h3-7,10,12H,8H2,1-2H3/b4-3-,9-5+,10-6?,11-7?. The zero-order valence-electron chi connectivity index (χ0n) is 7.95. The molecule has 0 aromatic carbocycles. The van der Waals surface area contributed by atoms with Crippen molar-refractivity contribution in [2.75, 3.05) is 13.8 Å². The van der Waals surface area contributed by atoms with Crippen molar-refractivity contribution in [2.45, 2.75) is 6.92 Å². The summed E-state index contributed by atoms with van der Waals surface area (Å²) in [4.78, 5) is 4.01. The second-order valence-corrected chi connectivity index (χ2v) is 2.09. The van der Waals surface area contributed by atoms with Gasteiger partial charge in [-0.25, -0.2) is 0 Å². The van der Waals surface area contributed by atoms with Gasteiger partial charge in [-0.05, 0) is 13.0 Å². The third-order valence-corrected chi connectivity index (χ3v) is 1.18. The van der Waals surface area contributed by atoms with Crippen molar-refractivity contribution < 1.29 is 4.74 Å². The minimum absolute atomic E-state index is 0.442. The van der Waals surface area contributed by atoms with Crippen LogP contribution in [-0.4, -0.2) is 26.2 Å². The molecule has 72 valence electrons. The molecule has 0 aliphatic heterocycles. The smallest absolute Gasteiger partial charge is 0.189 e. The number of ether oxygens (including phenoxy) is 1. The Labute approximate surface area is 78.5 Å². The highest BCUT2D eigenvalue weighted by atomic mass is 16.5. The molecule has 0 heterocycles. The van der Waals surface area contributed by atoms with Gasteiger partial charge >= 0.3 is 0 Å². The largest absolute Gasteiger partial charge is 0.482 e. The van der Waals surface area contributed by atoms with E-state index in [0.29, 0.717) is 12.6 Å². The number of allylic oxidation sites excluding steroid dienone is 3. The number of methoxy groups -OCH3 is 1. The summed E-state index contributed by atoms with van der Waals surface area (Å²) in [6.45, 7) is 2.37. The molecule has 0 unspecified atom stereocenters. The quantitative estimate of drug-likeness (QED) is 0.479. The van der Waals surface area contributed by atoms with Gasteiger partial charge in [0.2, 0.25) is 0 Å². The number of hydrogen-bond acceptors (Lipinski definition) is 4. The van der Waals surface area contributed by atoms with Gasteiger partial charge in [-0.15, -0.1) is 0 Å². The van der Waals surface area contributed by atoms with Crippen LogP contribution >= 0.6 is 0 Å². The maximum Gasteiger partial charge on any atom is 0.189 e. The Morgan fingerprint density at radius 1 is 1.62 bits per heavy atom. The van der Waals surface area contributed by atoms with Crippen molar-refractivity contribution in [3.63, 3.8) is 0 Å². The van der Waals surface area contributed by atoms with Crippen molar-refractivity contribution in [3.8, 4) is 0 Å². The van der Waals surface area contributed by atoms with Crippen LogP contribution in [0.5, 0.6) is 0 Å². The third kappa shape index (κ3) is 6.80. The van der Waals surface area contributed by atoms with E-state index in [0.717, 1.165) is 6.21 Å². The number of rotatable bonds is 6. The van der Waals surface area contributed by atoms with Gasteiger partial charge in [-0.1, -0.05) is 6.08 Å². The topological polar surface area (TPSA) is 57.5 Å². The molecule has 0 saturated heterocycles. The lowest BCUT2D eigenvalue weighted by molar-refractivity contribution is 0.263. The molecule has 4 heteroatoms. The second-order valence-electron chi connectivity index (χ2n) is 2.09. The molecule has 0 fully saturated rings. The molecule has 0 amide bonds. The van der Waals surface area contributed by atoms with E-state index in [1.807, 2.05) is 19.1 Å². The zero-order chi connectivity index (χ0) is 9.94. The lowest BCUT2D eigenvalue weighted by Crippen LogP contribution is -2.14. The fourth-order valence-corrected chi connectivity index (χ4v) is 0.598. The highest BCUT2D eigenvalue weighted by molar-refractivity contribution is 5.70. The van der Waals surface area contributed by atoms with Gasteiger partial charge < -0.3 is 15.5 Å². The third-order valence-electron chi connectivity index (χ3n) is 1.18. The summed E-state index contributed by atoms with van der Waals surface area (Å²) in [6, 6.07) is 0. The summed E-state index contributed by atoms with van der Waals surface area (Å²) >= 11 is 0. The minimum Gasteiger partial charge on any atom is -0.482 e. The predicted octanol–water partition coefficient (Wildman–Crippen LogP) is 1.32. The zero-order valence-corrected chi connectivity index (χ0v) is 7.95. The molecule has 4 nitrogen and oxygen atoms in total. The van der Waals surface area contributed by atoms with Gasteiger partial charge in [0, 0.05) is 18.5 Å². The normalized spacial score (nSPS) is 12.3. The van der Waals surface area contributed by atoms with Crippen LogP contribution in [0.3, 0.4) is 0 Å². The molecule has 0 bridgehead atoms. The van der Waals surface area contributed by atoms with Crippen LogP contribution in [0.25, 0.3) is 0 Å². The number of aliphatic imine (C=N–C) groups is 1. The van der Waals surface area contributed by atoms with E-state index in [9.17, 15) is 0 Å². The molecular weight excluding hydrogens is 166 g/mol. The lowest BCUT2D eigenvalue weighted by atomic mass is 10.6. The first-order valence-electron chi connectivity index (χ1n) is 3.95. The molecule has 0 atom stereocenters. The molecule has 0 aromatic rings. The van der Waals surface area contributed by atoms with Gasteiger partial charge in [-0.2, -0.15) is 0 Å². The van der Waals surface area contributed by atoms with Crippen LogP contribution in [0.1, 0.15) is 6.92 Å². The molecule has 0 spiro atoms. The van der Waals surface area contributed by atoms with Crippen LogP contribution in [0.2, 0.25) is 0 Å². The van der Waals surface area contributed by atoms with E-state index in [2.05, 4.69) is 10.3 Å². The molecular formula is C9H15N3O. The van der Waals surface area contributed by atoms with Crippen molar-refractivity contribution in [1.29, 1.82) is 5.41 Å². The van der Waals surface area contributed by atoms with Crippen molar-refractivity contribution in [3.05, 3.63) is 24.1 Å². The Morgan fingerprint density at radius 3 is 2.92 bits per heavy atom. The van der Waals surface area contributed by atoms with Gasteiger partial charge in [0.25, 0.3) is 0 Å². The van der Waals surface area contributed by atoms with E-state index in [1.54, 1.807) is 6.21 Å². The molecule has 0 aliphatic carbocycles. The van der Waals surface area contributed by atoms with E-state index in [4.69, 9.17) is 10.1 Å². The van der Waals surface area contributed by atoms with Crippen LogP contribution in [0, 0.1) is 5.41 Å². The summed E-state index contributed by atoms with van der Waals surface area (Å²) in [5.41, 5.74) is 0. The summed E-state index contributed by atoms with van der Waals surface area (Å²) in [7, 11) is 1.54. The summed E-state index contributed by atoms with van der Waals surface area (Å²) in [5.74, 6) is 0.535. The van der Waals surface area contributed by atoms with E-state index in [1.165, 1.54) is 13.2 Å². The number of hydrogen-bond donors (Lipinski definition) is 2. The molecule has 0 aromatic heterocycles. The molecule has 2 N–H and O–H groups in total. The first-order chi connectivity index (χ1) is 6.35. The number of nitrogens with one attached hydrogen (secondary N) is 2. The Balaban J connectivity index is 3.73. The van der Waals surface area contributed by atoms with Crippen molar-refractivity contribution in [2.24, 2.45) is 4.99 Å². The van der Waals surface area contributed by atoms with E-state index < -0.39 is 0 Å². The fraction of sp³-hybridized carbons (Fsp3) is 0.333. The average molecular weight is 181 g/mol. The average Bonchev–Trinajstić information content (AvgIpc) is 2.16. The predicted molar refractivity (Wildman–Crippen MR) is 55.2 cm³/mol. The van der Waals surface area contributed by atoms with Gasteiger partial charge in [0.15, 0.2) is 5.88 Å². The maximum atomic E-state index is 6.81. The van der Waals surface area contributed by atoms with Crippen LogP contribution in [-0.2, 0) is 4.74 Å². The summed E-state index contributed by atoms with van der Waals surface area (Å²) in [5, 5.41) is 9.70. The molecule has 13 heavy (non-hydrogen) atoms. The Hall–Kier alpha value is -1.58. The number of nitrogens with zero attached hydrogens (tertiary/aromatic N) is 1. The first-order valence-corrected chi connectivity index (χ1v) is 3.95. The van der Waals surface area contributed by atoms with Gasteiger partial charge in [0.05, 0.1) is 7.11 Å². The Kier molecular flexibility index (Phi) is 7.48. The molecule has 0 radical (unpaired) electrons. The Morgan fingerprint density at radius 2 is 2.38 bits per heavy atom. The van der Waals surface area contributed by atoms with E-state index >= 15 is 0 Å². The SMILES string of the molecule is C/C=C\C=NCN/C(=C\C=N)OC. The van der Waals surface area contributed by atoms with Crippen LogP contribution in [0.15, 0.2) is 29.1 Å². The highest BCUT2D eigenvalue weighted by Crippen LogP contribution is 1.86. The second kappa shape index (κ2) is 8.52. The van der Waals surface area contributed by atoms with Crippen LogP contribution in [0.4, 0.5) is 0 Å². The fourth-order valence-electron chi connectivity index (χ4n) is 0.598. The summed E-state index contributed by atoms with van der Waals surface area (Å²) in [6.07, 6.45) is 8.11. The summed E-state index contributed by atoms with van der Waals surface area (Å²) < 4.78 is 4.90. The first kappa shape index (κ1) is 11.4. The van der Waals surface area contributed by atoms with Crippen LogP contribution < -0.4 is 5.32 Å². The van der Waals surface area contributed by atoms with Crippen molar-refractivity contribution in [1.82, 2.24) is 5.32 Å². The highest BCUT2D eigenvalue weighted by Gasteiger charge is 1.88. The maximum absolute atomic E-state index is 6.81. The monoisotopic (exact) mass is 181 g/mol. The van der Waals surface area contributed by atoms with Gasteiger partial charge in [-0.3, -0.25) is 4.99 Å². The molecule has 0 aliphatic rings. The van der Waals surface area contributed by atoms with Crippen molar-refractivity contribution >= 4 is 12.4 Å². The molecule has 0 rings (SSSR count). The molecule has 0 saturated carbocycles. The van der Waals surface area contributed by atoms with E-state index in [-0.39, 0.29) is 0 Å². The Bertz CT molecular complexity index is 219.